The molecule has 12 heteroatoms. The number of oxazole rings is 1. The largest absolute Gasteiger partial charge is 0.471 e. The first-order valence-electron chi connectivity index (χ1n) is 10.4. The molecule has 0 aliphatic carbocycles. The number of benzene rings is 2. The normalized spacial score (nSPS) is 11.7. The van der Waals surface area contributed by atoms with Crippen molar-refractivity contribution in [3.8, 4) is 22.8 Å². The zero-order chi connectivity index (χ0) is 25.0. The third-order valence-corrected chi connectivity index (χ3v) is 4.91. The number of nitrogens with zero attached hydrogens (tertiary/aromatic N) is 4. The minimum absolute atomic E-state index is 0.219. The van der Waals surface area contributed by atoms with Crippen molar-refractivity contribution in [1.29, 1.82) is 0 Å². The van der Waals surface area contributed by atoms with E-state index < -0.39 is 18.0 Å². The quantitative estimate of drug-likeness (QED) is 0.366. The molecule has 0 atom stereocenters. The van der Waals surface area contributed by atoms with Gasteiger partial charge in [0, 0.05) is 36.3 Å². The van der Waals surface area contributed by atoms with Crippen LogP contribution in [0.15, 0.2) is 63.7 Å². The van der Waals surface area contributed by atoms with E-state index in [2.05, 4.69) is 25.0 Å². The number of carbonyl (C=O) groups excluding carboxylic acids is 1. The first kappa shape index (κ1) is 24.1. The van der Waals surface area contributed by atoms with Gasteiger partial charge in [0.15, 0.2) is 0 Å². The van der Waals surface area contributed by atoms with Crippen LogP contribution in [0, 0.1) is 5.82 Å². The maximum Gasteiger partial charge on any atom is 0.471 e. The lowest BCUT2D eigenvalue weighted by atomic mass is 10.1. The van der Waals surface area contributed by atoms with Gasteiger partial charge in [0.05, 0.1) is 5.69 Å². The molecule has 35 heavy (non-hydrogen) atoms. The van der Waals surface area contributed by atoms with Gasteiger partial charge >= 0.3 is 12.1 Å². The average molecular weight is 489 g/mol. The Morgan fingerprint density at radius 2 is 1.86 bits per heavy atom. The number of rotatable bonds is 8. The number of carbonyl (C=O) groups is 1. The topological polar surface area (TPSA) is 97.3 Å². The summed E-state index contributed by atoms with van der Waals surface area (Å²) in [7, 11) is 1.84. The molecule has 0 saturated heterocycles. The monoisotopic (exact) mass is 489 g/mol. The second-order valence-corrected chi connectivity index (χ2v) is 7.65. The summed E-state index contributed by atoms with van der Waals surface area (Å²) >= 11 is 0. The molecule has 0 bridgehead atoms. The second kappa shape index (κ2) is 10.1. The Bertz CT molecular complexity index is 1300. The Labute approximate surface area is 196 Å². The van der Waals surface area contributed by atoms with Gasteiger partial charge in [-0.3, -0.25) is 9.69 Å². The molecule has 2 heterocycles. The number of halogens is 4. The van der Waals surface area contributed by atoms with E-state index in [0.29, 0.717) is 36.8 Å². The highest BCUT2D eigenvalue weighted by molar-refractivity contribution is 5.95. The molecule has 0 aliphatic heterocycles. The Hall–Kier alpha value is -4.06. The molecule has 0 unspecified atom stereocenters. The summed E-state index contributed by atoms with van der Waals surface area (Å²) in [5.74, 6) is -2.09. The van der Waals surface area contributed by atoms with Crippen LogP contribution >= 0.6 is 0 Å². The van der Waals surface area contributed by atoms with Gasteiger partial charge in [-0.2, -0.15) is 18.2 Å². The van der Waals surface area contributed by atoms with Gasteiger partial charge in [-0.25, -0.2) is 9.37 Å². The Morgan fingerprint density at radius 3 is 2.57 bits per heavy atom. The minimum Gasteiger partial charge on any atom is -0.444 e. The summed E-state index contributed by atoms with van der Waals surface area (Å²) in [6.07, 6.45) is -3.23. The summed E-state index contributed by atoms with van der Waals surface area (Å²) in [6.45, 7) is 1.25. The molecule has 8 nitrogen and oxygen atoms in total. The first-order chi connectivity index (χ1) is 16.7. The van der Waals surface area contributed by atoms with Gasteiger partial charge in [-0.05, 0) is 43.4 Å². The highest BCUT2D eigenvalue weighted by Gasteiger charge is 2.38. The number of aromatic nitrogens is 3. The number of hydrogen-bond acceptors (Lipinski definition) is 7. The molecule has 182 valence electrons. The summed E-state index contributed by atoms with van der Waals surface area (Å²) in [5, 5.41) is 6.08. The number of likely N-dealkylation sites (N-methyl/N-ethyl adjacent to an activating group) is 1. The zero-order valence-electron chi connectivity index (χ0n) is 18.3. The smallest absolute Gasteiger partial charge is 0.444 e. The standard InChI is InChI=1S/C23H19F4N5O3/c1-32(12-18-13-34-21(29-18)14-5-7-17(24)8-6-14)10-9-28-20(33)16-4-2-3-15(11-16)19-30-22(35-31-19)23(25,26)27/h2-8,11,13H,9-10,12H2,1H3,(H,28,33). The predicted octanol–water partition coefficient (Wildman–Crippen LogP) is 4.41. The lowest BCUT2D eigenvalue weighted by Gasteiger charge is -2.15. The van der Waals surface area contributed by atoms with Gasteiger partial charge in [-0.15, -0.1) is 0 Å². The lowest BCUT2D eigenvalue weighted by molar-refractivity contribution is -0.159. The average Bonchev–Trinajstić information content (AvgIpc) is 3.50. The van der Waals surface area contributed by atoms with Crippen molar-refractivity contribution >= 4 is 5.91 Å². The summed E-state index contributed by atoms with van der Waals surface area (Å²) in [4.78, 5) is 22.1. The van der Waals surface area contributed by atoms with Crippen molar-refractivity contribution in [1.82, 2.24) is 25.3 Å². The lowest BCUT2D eigenvalue weighted by Crippen LogP contribution is -2.32. The molecule has 0 spiro atoms. The van der Waals surface area contributed by atoms with Crippen LogP contribution in [0.3, 0.4) is 0 Å². The summed E-state index contributed by atoms with van der Waals surface area (Å²) in [5.41, 5.74) is 1.79. The maximum atomic E-state index is 13.1. The van der Waals surface area contributed by atoms with Gasteiger partial charge < -0.3 is 14.3 Å². The van der Waals surface area contributed by atoms with Crippen molar-refractivity contribution in [2.75, 3.05) is 20.1 Å². The molecule has 2 aromatic carbocycles. The number of hydrogen-bond donors (Lipinski definition) is 1. The van der Waals surface area contributed by atoms with E-state index in [1.165, 1.54) is 42.7 Å². The van der Waals surface area contributed by atoms with Crippen LogP contribution in [0.25, 0.3) is 22.8 Å². The highest BCUT2D eigenvalue weighted by atomic mass is 19.4. The minimum atomic E-state index is -4.75. The Kier molecular flexibility index (Phi) is 6.92. The van der Waals surface area contributed by atoms with Crippen LogP contribution < -0.4 is 5.32 Å². The van der Waals surface area contributed by atoms with E-state index in [0.717, 1.165) is 0 Å². The van der Waals surface area contributed by atoms with E-state index in [-0.39, 0.29) is 22.8 Å². The van der Waals surface area contributed by atoms with Crippen LogP contribution in [0.4, 0.5) is 17.6 Å². The van der Waals surface area contributed by atoms with Crippen LogP contribution in [0.1, 0.15) is 21.9 Å². The summed E-state index contributed by atoms with van der Waals surface area (Å²) in [6, 6.07) is 11.7. The fourth-order valence-corrected chi connectivity index (χ4v) is 3.18. The second-order valence-electron chi connectivity index (χ2n) is 7.65. The van der Waals surface area contributed by atoms with E-state index in [4.69, 9.17) is 4.42 Å². The van der Waals surface area contributed by atoms with E-state index in [9.17, 15) is 22.4 Å². The van der Waals surface area contributed by atoms with Gasteiger partial charge in [0.1, 0.15) is 12.1 Å². The fourth-order valence-electron chi connectivity index (χ4n) is 3.18. The molecule has 4 aromatic rings. The number of amides is 1. The van der Waals surface area contributed by atoms with Crippen LogP contribution in [0.2, 0.25) is 0 Å². The van der Waals surface area contributed by atoms with Crippen LogP contribution in [-0.2, 0) is 12.7 Å². The van der Waals surface area contributed by atoms with Gasteiger partial charge in [0.25, 0.3) is 5.91 Å². The predicted molar refractivity (Wildman–Crippen MR) is 115 cm³/mol. The van der Waals surface area contributed by atoms with Crippen molar-refractivity contribution in [3.63, 3.8) is 0 Å². The van der Waals surface area contributed by atoms with Crippen molar-refractivity contribution in [2.45, 2.75) is 12.7 Å². The third-order valence-electron chi connectivity index (χ3n) is 4.91. The molecule has 4 rings (SSSR count). The van der Waals surface area contributed by atoms with Crippen LogP contribution in [-0.4, -0.2) is 46.1 Å². The summed E-state index contributed by atoms with van der Waals surface area (Å²) < 4.78 is 60.8. The fraction of sp³-hybridized carbons (Fsp3) is 0.217. The highest BCUT2D eigenvalue weighted by Crippen LogP contribution is 2.29. The number of nitrogens with one attached hydrogen (secondary N) is 1. The van der Waals surface area contributed by atoms with Gasteiger partial charge in [0.2, 0.25) is 11.7 Å². The van der Waals surface area contributed by atoms with Crippen LogP contribution in [0.5, 0.6) is 0 Å². The molecule has 1 amide bonds. The van der Waals surface area contributed by atoms with Crippen molar-refractivity contribution in [3.05, 3.63) is 77.8 Å². The van der Waals surface area contributed by atoms with Gasteiger partial charge in [-0.1, -0.05) is 17.3 Å². The molecule has 1 N–H and O–H groups in total. The zero-order valence-corrected chi connectivity index (χ0v) is 18.3. The van der Waals surface area contributed by atoms with Crippen molar-refractivity contribution in [2.24, 2.45) is 0 Å². The molecule has 2 aromatic heterocycles. The third kappa shape index (κ3) is 6.09. The Balaban J connectivity index is 1.29. The van der Waals surface area contributed by atoms with Crippen molar-refractivity contribution < 1.29 is 31.3 Å². The molecular weight excluding hydrogens is 470 g/mol. The first-order valence-corrected chi connectivity index (χ1v) is 10.4. The van der Waals surface area contributed by atoms with E-state index in [1.807, 2.05) is 11.9 Å². The van der Waals surface area contributed by atoms with E-state index in [1.54, 1.807) is 12.1 Å². The number of alkyl halides is 3. The van der Waals surface area contributed by atoms with E-state index >= 15 is 0 Å². The maximum absolute atomic E-state index is 13.1. The molecular formula is C23H19F4N5O3. The SMILES string of the molecule is CN(CCNC(=O)c1cccc(-c2noc(C(F)(F)F)n2)c1)Cc1coc(-c2ccc(F)cc2)n1. The molecule has 0 saturated carbocycles. The molecule has 0 aliphatic rings. The molecule has 0 radical (unpaired) electrons. The Morgan fingerprint density at radius 1 is 1.09 bits per heavy atom. The molecule has 0 fully saturated rings.